The monoisotopic (exact) mass is 360 g/mol. The van der Waals surface area contributed by atoms with Crippen LogP contribution in [0.5, 0.6) is 0 Å². The molecule has 0 fully saturated rings. The molecule has 0 aliphatic heterocycles. The molecule has 0 radical (unpaired) electrons. The van der Waals surface area contributed by atoms with Crippen molar-refractivity contribution in [3.05, 3.63) is 59.2 Å². The van der Waals surface area contributed by atoms with Crippen molar-refractivity contribution in [2.45, 2.75) is 33.7 Å². The van der Waals surface area contributed by atoms with Gasteiger partial charge in [-0.2, -0.15) is 0 Å². The van der Waals surface area contributed by atoms with Gasteiger partial charge in [-0.25, -0.2) is 8.42 Å². The molecule has 2 rings (SSSR count). The molecule has 0 bridgehead atoms. The number of nitrogens with one attached hydrogen (secondary N) is 1. The van der Waals surface area contributed by atoms with E-state index in [4.69, 9.17) is 0 Å². The van der Waals surface area contributed by atoms with Gasteiger partial charge in [-0.15, -0.1) is 0 Å². The molecule has 0 saturated carbocycles. The number of anilines is 2. The van der Waals surface area contributed by atoms with Crippen LogP contribution in [-0.4, -0.2) is 26.6 Å². The summed E-state index contributed by atoms with van der Waals surface area (Å²) in [6, 6.07) is 11.7. The van der Waals surface area contributed by atoms with Gasteiger partial charge in [-0.1, -0.05) is 35.9 Å². The number of amides is 1. The van der Waals surface area contributed by atoms with Crippen molar-refractivity contribution < 1.29 is 13.2 Å². The Labute approximate surface area is 149 Å². The van der Waals surface area contributed by atoms with Crippen LogP contribution < -0.4 is 9.62 Å². The zero-order valence-corrected chi connectivity index (χ0v) is 16.0. The second-order valence-electron chi connectivity index (χ2n) is 6.33. The van der Waals surface area contributed by atoms with Crippen LogP contribution in [0.2, 0.25) is 0 Å². The lowest BCUT2D eigenvalue weighted by atomic mass is 10.0. The molecule has 0 aromatic heterocycles. The molecule has 1 atom stereocenters. The van der Waals surface area contributed by atoms with Crippen LogP contribution in [0.25, 0.3) is 0 Å². The SMILES string of the molecule is Cc1cc(C)c(NC(=O)[C@H](C)N(c2ccccc2)S(C)(=O)=O)c(C)c1. The molecule has 0 spiro atoms. The van der Waals surface area contributed by atoms with E-state index < -0.39 is 16.1 Å². The number of benzene rings is 2. The van der Waals surface area contributed by atoms with Crippen molar-refractivity contribution in [3.8, 4) is 0 Å². The van der Waals surface area contributed by atoms with E-state index in [9.17, 15) is 13.2 Å². The van der Waals surface area contributed by atoms with E-state index in [1.54, 1.807) is 37.3 Å². The third-order valence-corrected chi connectivity index (χ3v) is 5.27. The Morgan fingerprint density at radius 2 is 1.56 bits per heavy atom. The van der Waals surface area contributed by atoms with Gasteiger partial charge in [0.05, 0.1) is 11.9 Å². The molecule has 25 heavy (non-hydrogen) atoms. The van der Waals surface area contributed by atoms with Crippen molar-refractivity contribution >= 4 is 27.3 Å². The summed E-state index contributed by atoms with van der Waals surface area (Å²) in [6.45, 7) is 7.43. The molecule has 0 aliphatic rings. The van der Waals surface area contributed by atoms with E-state index in [1.807, 2.05) is 32.9 Å². The van der Waals surface area contributed by atoms with Crippen LogP contribution in [-0.2, 0) is 14.8 Å². The van der Waals surface area contributed by atoms with Gasteiger partial charge in [0.25, 0.3) is 0 Å². The second-order valence-corrected chi connectivity index (χ2v) is 8.19. The minimum absolute atomic E-state index is 0.371. The van der Waals surface area contributed by atoms with Gasteiger partial charge in [-0.3, -0.25) is 9.10 Å². The number of sulfonamides is 1. The molecule has 0 aliphatic carbocycles. The molecule has 0 unspecified atom stereocenters. The molecule has 0 saturated heterocycles. The Morgan fingerprint density at radius 1 is 1.04 bits per heavy atom. The number of carbonyl (C=O) groups excluding carboxylic acids is 1. The Balaban J connectivity index is 2.34. The maximum absolute atomic E-state index is 12.7. The van der Waals surface area contributed by atoms with E-state index >= 15 is 0 Å². The van der Waals surface area contributed by atoms with E-state index in [0.29, 0.717) is 5.69 Å². The fourth-order valence-corrected chi connectivity index (χ4v) is 4.16. The largest absolute Gasteiger partial charge is 0.324 e. The summed E-state index contributed by atoms with van der Waals surface area (Å²) in [5, 5.41) is 2.88. The number of nitrogens with zero attached hydrogens (tertiary/aromatic N) is 1. The Morgan fingerprint density at radius 3 is 2.04 bits per heavy atom. The van der Waals surface area contributed by atoms with Crippen LogP contribution >= 0.6 is 0 Å². The number of hydrogen-bond acceptors (Lipinski definition) is 3. The topological polar surface area (TPSA) is 66.5 Å². The van der Waals surface area contributed by atoms with Crippen molar-refractivity contribution in [1.29, 1.82) is 0 Å². The first-order valence-electron chi connectivity index (χ1n) is 8.04. The molecule has 2 aromatic carbocycles. The van der Waals surface area contributed by atoms with Crippen LogP contribution in [0.3, 0.4) is 0 Å². The lowest BCUT2D eigenvalue weighted by molar-refractivity contribution is -0.116. The standard InChI is InChI=1S/C19H24N2O3S/c1-13-11-14(2)18(15(3)12-13)20-19(22)16(4)21(25(5,23)24)17-9-7-6-8-10-17/h6-12,16H,1-5H3,(H,20,22)/t16-/m0/s1. The Bertz CT molecular complexity index is 854. The quantitative estimate of drug-likeness (QED) is 0.888. The third-order valence-electron chi connectivity index (χ3n) is 4.02. The van der Waals surface area contributed by atoms with Gasteiger partial charge in [-0.05, 0) is 51.0 Å². The Hall–Kier alpha value is -2.34. The molecule has 0 heterocycles. The predicted octanol–water partition coefficient (Wildman–Crippen LogP) is 3.41. The van der Waals surface area contributed by atoms with Crippen LogP contribution in [0.15, 0.2) is 42.5 Å². The van der Waals surface area contributed by atoms with Gasteiger partial charge in [0.1, 0.15) is 6.04 Å². The summed E-state index contributed by atoms with van der Waals surface area (Å²) in [7, 11) is -3.61. The molecule has 5 nitrogen and oxygen atoms in total. The number of carbonyl (C=O) groups is 1. The molecule has 6 heteroatoms. The van der Waals surface area contributed by atoms with E-state index in [-0.39, 0.29) is 5.91 Å². The highest BCUT2D eigenvalue weighted by molar-refractivity contribution is 7.92. The fraction of sp³-hybridized carbons (Fsp3) is 0.316. The minimum Gasteiger partial charge on any atom is -0.324 e. The highest BCUT2D eigenvalue weighted by atomic mass is 32.2. The summed E-state index contributed by atoms with van der Waals surface area (Å²) in [4.78, 5) is 12.7. The molecule has 134 valence electrons. The normalized spacial score (nSPS) is 12.5. The van der Waals surface area contributed by atoms with Crippen molar-refractivity contribution in [1.82, 2.24) is 0 Å². The first kappa shape index (κ1) is 19.0. The van der Waals surface area contributed by atoms with Crippen LogP contribution in [0, 0.1) is 20.8 Å². The average Bonchev–Trinajstić information content (AvgIpc) is 2.50. The van der Waals surface area contributed by atoms with Crippen LogP contribution in [0.1, 0.15) is 23.6 Å². The molecule has 1 amide bonds. The van der Waals surface area contributed by atoms with E-state index in [2.05, 4.69) is 5.32 Å². The predicted molar refractivity (Wildman–Crippen MR) is 103 cm³/mol. The van der Waals surface area contributed by atoms with E-state index in [0.717, 1.165) is 32.9 Å². The average molecular weight is 360 g/mol. The first-order chi connectivity index (χ1) is 11.6. The summed E-state index contributed by atoms with van der Waals surface area (Å²) in [6.07, 6.45) is 1.10. The smallest absolute Gasteiger partial charge is 0.248 e. The zero-order valence-electron chi connectivity index (χ0n) is 15.2. The number of aryl methyl sites for hydroxylation is 3. The lowest BCUT2D eigenvalue weighted by Crippen LogP contribution is -2.45. The molecular formula is C19H24N2O3S. The van der Waals surface area contributed by atoms with Crippen molar-refractivity contribution in [3.63, 3.8) is 0 Å². The van der Waals surface area contributed by atoms with Crippen molar-refractivity contribution in [2.75, 3.05) is 15.9 Å². The number of rotatable bonds is 5. The highest BCUT2D eigenvalue weighted by Gasteiger charge is 2.29. The summed E-state index contributed by atoms with van der Waals surface area (Å²) < 4.78 is 25.6. The maximum atomic E-state index is 12.7. The lowest BCUT2D eigenvalue weighted by Gasteiger charge is -2.28. The number of para-hydroxylation sites is 1. The third kappa shape index (κ3) is 4.39. The van der Waals surface area contributed by atoms with Gasteiger partial charge in [0.2, 0.25) is 15.9 Å². The van der Waals surface area contributed by atoms with Gasteiger partial charge in [0.15, 0.2) is 0 Å². The van der Waals surface area contributed by atoms with Gasteiger partial charge in [0, 0.05) is 5.69 Å². The molecule has 2 aromatic rings. The molecular weight excluding hydrogens is 336 g/mol. The van der Waals surface area contributed by atoms with Crippen molar-refractivity contribution in [2.24, 2.45) is 0 Å². The van der Waals surface area contributed by atoms with Gasteiger partial charge < -0.3 is 5.32 Å². The molecule has 1 N–H and O–H groups in total. The minimum atomic E-state index is -3.61. The summed E-state index contributed by atoms with van der Waals surface area (Å²) in [5.41, 5.74) is 4.20. The van der Waals surface area contributed by atoms with Gasteiger partial charge >= 0.3 is 0 Å². The summed E-state index contributed by atoms with van der Waals surface area (Å²) >= 11 is 0. The van der Waals surface area contributed by atoms with Crippen LogP contribution in [0.4, 0.5) is 11.4 Å². The Kier molecular flexibility index (Phi) is 5.52. The maximum Gasteiger partial charge on any atom is 0.248 e. The summed E-state index contributed by atoms with van der Waals surface area (Å²) in [5.74, 6) is -0.371. The van der Waals surface area contributed by atoms with E-state index in [1.165, 1.54) is 0 Å². The highest BCUT2D eigenvalue weighted by Crippen LogP contribution is 2.24. The fourth-order valence-electron chi connectivity index (χ4n) is 2.99. The second kappa shape index (κ2) is 7.27. The zero-order chi connectivity index (χ0) is 18.8. The number of hydrogen-bond donors (Lipinski definition) is 1. The first-order valence-corrected chi connectivity index (χ1v) is 9.89.